The van der Waals surface area contributed by atoms with Crippen LogP contribution in [0.2, 0.25) is 0 Å². The van der Waals surface area contributed by atoms with Crippen LogP contribution in [0.3, 0.4) is 0 Å². The van der Waals surface area contributed by atoms with Crippen LogP contribution in [0.15, 0.2) is 40.8 Å². The molecule has 1 unspecified atom stereocenters. The second-order valence-corrected chi connectivity index (χ2v) is 6.61. The van der Waals surface area contributed by atoms with Crippen molar-refractivity contribution in [2.75, 3.05) is 18.4 Å². The van der Waals surface area contributed by atoms with Gasteiger partial charge in [0.05, 0.1) is 19.0 Å². The number of rotatable bonds is 4. The van der Waals surface area contributed by atoms with Crippen LogP contribution in [0.4, 0.5) is 5.69 Å². The first-order valence-corrected chi connectivity index (χ1v) is 8.70. The van der Waals surface area contributed by atoms with Gasteiger partial charge in [0, 0.05) is 5.69 Å². The van der Waals surface area contributed by atoms with E-state index in [-0.39, 0.29) is 30.0 Å². The summed E-state index contributed by atoms with van der Waals surface area (Å²) < 4.78 is 5.71. The van der Waals surface area contributed by atoms with E-state index in [1.807, 2.05) is 30.3 Å². The van der Waals surface area contributed by atoms with Crippen molar-refractivity contribution >= 4 is 17.5 Å². The largest absolute Gasteiger partial charge is 0.455 e. The van der Waals surface area contributed by atoms with Crippen molar-refractivity contribution in [3.05, 3.63) is 53.5 Å². The van der Waals surface area contributed by atoms with E-state index in [0.29, 0.717) is 0 Å². The normalized spacial score (nSPS) is 20.2. The van der Waals surface area contributed by atoms with Crippen LogP contribution in [0, 0.1) is 0 Å². The third-order valence-electron chi connectivity index (χ3n) is 4.77. The number of hydrogen-bond donors (Lipinski definition) is 2. The van der Waals surface area contributed by atoms with Gasteiger partial charge in [0.2, 0.25) is 5.91 Å². The first-order chi connectivity index (χ1) is 12.2. The van der Waals surface area contributed by atoms with Gasteiger partial charge in [0.15, 0.2) is 5.76 Å². The van der Waals surface area contributed by atoms with Crippen LogP contribution in [0.5, 0.6) is 0 Å². The Morgan fingerprint density at radius 2 is 2.00 bits per heavy atom. The van der Waals surface area contributed by atoms with E-state index < -0.39 is 0 Å². The number of benzene rings is 1. The van der Waals surface area contributed by atoms with Crippen molar-refractivity contribution in [3.8, 4) is 0 Å². The molecule has 1 aromatic carbocycles. The molecule has 6 heteroatoms. The van der Waals surface area contributed by atoms with Gasteiger partial charge < -0.3 is 15.1 Å². The highest BCUT2D eigenvalue weighted by molar-refractivity contribution is 5.97. The van der Waals surface area contributed by atoms with E-state index >= 15 is 0 Å². The van der Waals surface area contributed by atoms with Gasteiger partial charge in [0.25, 0.3) is 5.91 Å². The molecule has 25 heavy (non-hydrogen) atoms. The Morgan fingerprint density at radius 1 is 1.20 bits per heavy atom. The van der Waals surface area contributed by atoms with Crippen molar-refractivity contribution in [2.45, 2.75) is 31.8 Å². The molecule has 4 rings (SSSR count). The minimum atomic E-state index is -0.343. The molecule has 0 saturated carbocycles. The number of furan rings is 1. The molecular formula is C19H21N3O3. The number of amides is 2. The first kappa shape index (κ1) is 15.9. The summed E-state index contributed by atoms with van der Waals surface area (Å²) in [5, 5.41) is 5.75. The summed E-state index contributed by atoms with van der Waals surface area (Å²) in [5.41, 5.74) is 1.66. The standard InChI is InChI=1S/C19H21N3O3/c23-18-11-16(14-5-1-2-6-15(14)20-18)21-19(24)17-8-7-13(25-17)12-22-9-3-4-10-22/h1-2,5-8,16H,3-4,9-12H2,(H,20,23)(H,21,24). The number of hydrogen-bond acceptors (Lipinski definition) is 4. The Morgan fingerprint density at radius 3 is 2.84 bits per heavy atom. The molecule has 0 aliphatic carbocycles. The summed E-state index contributed by atoms with van der Waals surface area (Å²) in [6.45, 7) is 2.90. The number of likely N-dealkylation sites (tertiary alicyclic amines) is 1. The summed E-state index contributed by atoms with van der Waals surface area (Å²) in [6.07, 6.45) is 2.67. The summed E-state index contributed by atoms with van der Waals surface area (Å²) in [6, 6.07) is 10.7. The van der Waals surface area contributed by atoms with Crippen LogP contribution >= 0.6 is 0 Å². The fraction of sp³-hybridized carbons (Fsp3) is 0.368. The monoisotopic (exact) mass is 339 g/mol. The third kappa shape index (κ3) is 3.44. The fourth-order valence-corrected chi connectivity index (χ4v) is 3.52. The molecule has 6 nitrogen and oxygen atoms in total. The van der Waals surface area contributed by atoms with Crippen LogP contribution in [-0.2, 0) is 11.3 Å². The molecule has 0 bridgehead atoms. The quantitative estimate of drug-likeness (QED) is 0.898. The lowest BCUT2D eigenvalue weighted by molar-refractivity contribution is -0.116. The summed E-state index contributed by atoms with van der Waals surface area (Å²) in [4.78, 5) is 26.7. The first-order valence-electron chi connectivity index (χ1n) is 8.70. The highest BCUT2D eigenvalue weighted by Gasteiger charge is 2.27. The zero-order valence-corrected chi connectivity index (χ0v) is 14.0. The van der Waals surface area contributed by atoms with Crippen LogP contribution in [0.1, 0.15) is 47.2 Å². The molecule has 1 fully saturated rings. The number of carbonyl (C=O) groups excluding carboxylic acids is 2. The van der Waals surface area contributed by atoms with E-state index in [4.69, 9.17) is 4.42 Å². The maximum absolute atomic E-state index is 12.5. The minimum Gasteiger partial charge on any atom is -0.455 e. The van der Waals surface area contributed by atoms with Crippen LogP contribution in [-0.4, -0.2) is 29.8 Å². The molecule has 2 aliphatic rings. The van der Waals surface area contributed by atoms with Crippen LogP contribution in [0.25, 0.3) is 0 Å². The molecule has 3 heterocycles. The van der Waals surface area contributed by atoms with Gasteiger partial charge in [-0.15, -0.1) is 0 Å². The van der Waals surface area contributed by atoms with Gasteiger partial charge in [-0.05, 0) is 49.7 Å². The lowest BCUT2D eigenvalue weighted by Gasteiger charge is -2.25. The van der Waals surface area contributed by atoms with E-state index in [1.54, 1.807) is 6.07 Å². The number of anilines is 1. The lowest BCUT2D eigenvalue weighted by atomic mass is 9.97. The Labute approximate surface area is 146 Å². The highest BCUT2D eigenvalue weighted by atomic mass is 16.4. The zero-order valence-electron chi connectivity index (χ0n) is 14.0. The number of fused-ring (bicyclic) bond motifs is 1. The Balaban J connectivity index is 1.45. The van der Waals surface area contributed by atoms with E-state index in [1.165, 1.54) is 12.8 Å². The fourth-order valence-electron chi connectivity index (χ4n) is 3.52. The molecule has 130 valence electrons. The smallest absolute Gasteiger partial charge is 0.287 e. The molecule has 2 amide bonds. The van der Waals surface area contributed by atoms with Gasteiger partial charge in [-0.2, -0.15) is 0 Å². The predicted molar refractivity (Wildman–Crippen MR) is 93.1 cm³/mol. The second kappa shape index (κ2) is 6.72. The average Bonchev–Trinajstić information content (AvgIpc) is 3.27. The van der Waals surface area contributed by atoms with Gasteiger partial charge in [0.1, 0.15) is 5.76 Å². The van der Waals surface area contributed by atoms with E-state index in [9.17, 15) is 9.59 Å². The van der Waals surface area contributed by atoms with Crippen LogP contribution < -0.4 is 10.6 Å². The maximum atomic E-state index is 12.5. The molecule has 1 aromatic heterocycles. The Kier molecular flexibility index (Phi) is 4.28. The minimum absolute atomic E-state index is 0.0989. The number of nitrogens with zero attached hydrogens (tertiary/aromatic N) is 1. The SMILES string of the molecule is O=C1CC(NC(=O)c2ccc(CN3CCCC3)o2)c2ccccc2N1. The van der Waals surface area contributed by atoms with Crippen molar-refractivity contribution in [1.29, 1.82) is 0 Å². The molecule has 1 atom stereocenters. The van der Waals surface area contributed by atoms with Crippen molar-refractivity contribution in [1.82, 2.24) is 10.2 Å². The Hall–Kier alpha value is -2.60. The number of nitrogens with one attached hydrogen (secondary N) is 2. The molecule has 1 saturated heterocycles. The maximum Gasteiger partial charge on any atom is 0.287 e. The third-order valence-corrected chi connectivity index (χ3v) is 4.77. The summed E-state index contributed by atoms with van der Waals surface area (Å²) in [5.74, 6) is 0.701. The Bertz CT molecular complexity index is 793. The summed E-state index contributed by atoms with van der Waals surface area (Å²) >= 11 is 0. The molecule has 0 radical (unpaired) electrons. The van der Waals surface area contributed by atoms with Gasteiger partial charge in [-0.25, -0.2) is 0 Å². The molecule has 2 N–H and O–H groups in total. The van der Waals surface area contributed by atoms with Crippen molar-refractivity contribution in [3.63, 3.8) is 0 Å². The average molecular weight is 339 g/mol. The molecular weight excluding hydrogens is 318 g/mol. The highest BCUT2D eigenvalue weighted by Crippen LogP contribution is 2.30. The zero-order chi connectivity index (χ0) is 17.2. The predicted octanol–water partition coefficient (Wildman–Crippen LogP) is 2.69. The molecule has 0 spiro atoms. The van der Waals surface area contributed by atoms with Gasteiger partial charge in [-0.1, -0.05) is 18.2 Å². The number of para-hydroxylation sites is 1. The lowest BCUT2D eigenvalue weighted by Crippen LogP contribution is -2.35. The number of carbonyl (C=O) groups is 2. The topological polar surface area (TPSA) is 74.6 Å². The van der Waals surface area contributed by atoms with Crippen molar-refractivity contribution in [2.24, 2.45) is 0 Å². The molecule has 2 aliphatic heterocycles. The van der Waals surface area contributed by atoms with Crippen molar-refractivity contribution < 1.29 is 14.0 Å². The second-order valence-electron chi connectivity index (χ2n) is 6.61. The van der Waals surface area contributed by atoms with E-state index in [2.05, 4.69) is 15.5 Å². The molecule has 2 aromatic rings. The van der Waals surface area contributed by atoms with Gasteiger partial charge >= 0.3 is 0 Å². The summed E-state index contributed by atoms with van der Waals surface area (Å²) in [7, 11) is 0. The van der Waals surface area contributed by atoms with Gasteiger partial charge in [-0.3, -0.25) is 14.5 Å². The van der Waals surface area contributed by atoms with E-state index in [0.717, 1.165) is 36.6 Å².